The predicted octanol–water partition coefficient (Wildman–Crippen LogP) is 1.76. The Morgan fingerprint density at radius 3 is 2.63 bits per heavy atom. The van der Waals surface area contributed by atoms with Crippen LogP contribution in [0, 0.1) is 5.82 Å². The van der Waals surface area contributed by atoms with Crippen molar-refractivity contribution < 1.29 is 14.0 Å². The first-order valence-electron chi connectivity index (χ1n) is 8.32. The van der Waals surface area contributed by atoms with Crippen LogP contribution in [0.2, 0.25) is 0 Å². The molecule has 3 rings (SSSR count). The Morgan fingerprint density at radius 1 is 1.04 bits per heavy atom. The van der Waals surface area contributed by atoms with E-state index in [2.05, 4.69) is 20.7 Å². The number of benzene rings is 1. The summed E-state index contributed by atoms with van der Waals surface area (Å²) in [6.07, 6.45) is 5.16. The molecule has 0 spiro atoms. The molecule has 27 heavy (non-hydrogen) atoms. The Hall–Kier alpha value is -3.55. The van der Waals surface area contributed by atoms with Crippen molar-refractivity contribution in [2.45, 2.75) is 13.0 Å². The van der Waals surface area contributed by atoms with Crippen molar-refractivity contribution in [1.82, 2.24) is 20.1 Å². The second-order valence-electron chi connectivity index (χ2n) is 5.89. The Labute approximate surface area is 155 Å². The lowest BCUT2D eigenvalue weighted by molar-refractivity contribution is -0.123. The van der Waals surface area contributed by atoms with Crippen LogP contribution in [0.5, 0.6) is 0 Å². The van der Waals surface area contributed by atoms with Gasteiger partial charge in [-0.1, -0.05) is 12.1 Å². The molecule has 7 nitrogen and oxygen atoms in total. The van der Waals surface area contributed by atoms with E-state index in [1.165, 1.54) is 18.2 Å². The average molecular weight is 367 g/mol. The third kappa shape index (κ3) is 5.74. The van der Waals surface area contributed by atoms with Gasteiger partial charge in [-0.2, -0.15) is 5.10 Å². The standard InChI is InChI=1S/C19H18FN5O2/c20-16-3-1-2-15(10-16)11-18(26)22-12-19(27)23-17-6-9-25(24-17)13-14-4-7-21-8-5-14/h1-10H,11-13H2,(H,22,26)(H,23,24,27). The van der Waals surface area contributed by atoms with Crippen LogP contribution in [0.15, 0.2) is 61.1 Å². The van der Waals surface area contributed by atoms with Crippen LogP contribution in [0.25, 0.3) is 0 Å². The smallest absolute Gasteiger partial charge is 0.244 e. The number of nitrogens with zero attached hydrogens (tertiary/aromatic N) is 3. The molecule has 0 saturated carbocycles. The van der Waals surface area contributed by atoms with Gasteiger partial charge in [0.15, 0.2) is 5.82 Å². The minimum atomic E-state index is -0.402. The van der Waals surface area contributed by atoms with Gasteiger partial charge in [0.1, 0.15) is 5.82 Å². The number of hydrogen-bond donors (Lipinski definition) is 2. The largest absolute Gasteiger partial charge is 0.347 e. The summed E-state index contributed by atoms with van der Waals surface area (Å²) >= 11 is 0. The minimum Gasteiger partial charge on any atom is -0.347 e. The molecule has 3 aromatic rings. The van der Waals surface area contributed by atoms with E-state index in [1.807, 2.05) is 12.1 Å². The molecule has 8 heteroatoms. The van der Waals surface area contributed by atoms with Crippen LogP contribution in [-0.4, -0.2) is 33.1 Å². The predicted molar refractivity (Wildman–Crippen MR) is 97.3 cm³/mol. The first kappa shape index (κ1) is 18.2. The maximum Gasteiger partial charge on any atom is 0.244 e. The highest BCUT2D eigenvalue weighted by Crippen LogP contribution is 2.06. The molecule has 2 amide bonds. The van der Waals surface area contributed by atoms with Gasteiger partial charge in [-0.15, -0.1) is 0 Å². The summed E-state index contributed by atoms with van der Waals surface area (Å²) in [5.41, 5.74) is 1.58. The van der Waals surface area contributed by atoms with Gasteiger partial charge in [0.2, 0.25) is 11.8 Å². The number of aromatic nitrogens is 3. The Morgan fingerprint density at radius 2 is 1.85 bits per heavy atom. The lowest BCUT2D eigenvalue weighted by atomic mass is 10.1. The molecule has 0 radical (unpaired) electrons. The average Bonchev–Trinajstić information content (AvgIpc) is 3.07. The summed E-state index contributed by atoms with van der Waals surface area (Å²) in [7, 11) is 0. The molecule has 0 aliphatic heterocycles. The molecule has 0 aliphatic rings. The number of nitrogens with one attached hydrogen (secondary N) is 2. The number of rotatable bonds is 7. The van der Waals surface area contributed by atoms with E-state index >= 15 is 0 Å². The van der Waals surface area contributed by atoms with E-state index in [1.54, 1.807) is 35.4 Å². The van der Waals surface area contributed by atoms with Crippen LogP contribution in [-0.2, 0) is 22.6 Å². The molecule has 138 valence electrons. The molecule has 2 N–H and O–H groups in total. The zero-order valence-electron chi connectivity index (χ0n) is 14.4. The van der Waals surface area contributed by atoms with E-state index < -0.39 is 11.7 Å². The summed E-state index contributed by atoms with van der Waals surface area (Å²) < 4.78 is 14.8. The quantitative estimate of drug-likeness (QED) is 0.666. The molecule has 0 unspecified atom stereocenters. The monoisotopic (exact) mass is 367 g/mol. The fraction of sp³-hybridized carbons (Fsp3) is 0.158. The minimum absolute atomic E-state index is 0.00556. The van der Waals surface area contributed by atoms with Gasteiger partial charge in [0, 0.05) is 24.7 Å². The maximum atomic E-state index is 13.1. The van der Waals surface area contributed by atoms with Crippen molar-refractivity contribution in [1.29, 1.82) is 0 Å². The second-order valence-corrected chi connectivity index (χ2v) is 5.89. The lowest BCUT2D eigenvalue weighted by Gasteiger charge is -2.06. The van der Waals surface area contributed by atoms with Crippen molar-refractivity contribution in [3.63, 3.8) is 0 Å². The zero-order chi connectivity index (χ0) is 19.1. The molecule has 1 aromatic carbocycles. The number of hydrogen-bond acceptors (Lipinski definition) is 4. The van der Waals surface area contributed by atoms with E-state index in [-0.39, 0.29) is 18.9 Å². The molecular weight excluding hydrogens is 349 g/mol. The van der Waals surface area contributed by atoms with Gasteiger partial charge < -0.3 is 10.6 Å². The third-order valence-corrected chi connectivity index (χ3v) is 3.70. The van der Waals surface area contributed by atoms with Gasteiger partial charge in [-0.05, 0) is 35.4 Å². The molecular formula is C19H18FN5O2. The van der Waals surface area contributed by atoms with Crippen molar-refractivity contribution >= 4 is 17.6 Å². The SMILES string of the molecule is O=C(Cc1cccc(F)c1)NCC(=O)Nc1ccn(Cc2ccncc2)n1. The van der Waals surface area contributed by atoms with Crippen LogP contribution in [0.4, 0.5) is 10.2 Å². The molecule has 2 heterocycles. The number of pyridine rings is 1. The van der Waals surface area contributed by atoms with Crippen molar-refractivity contribution in [3.8, 4) is 0 Å². The van der Waals surface area contributed by atoms with E-state index in [4.69, 9.17) is 0 Å². The van der Waals surface area contributed by atoms with Crippen molar-refractivity contribution in [2.75, 3.05) is 11.9 Å². The number of amides is 2. The van der Waals surface area contributed by atoms with Gasteiger partial charge >= 0.3 is 0 Å². The topological polar surface area (TPSA) is 88.9 Å². The van der Waals surface area contributed by atoms with E-state index in [0.717, 1.165) is 5.56 Å². The highest BCUT2D eigenvalue weighted by atomic mass is 19.1. The number of halogens is 1. The van der Waals surface area contributed by atoms with Gasteiger partial charge in [-0.25, -0.2) is 4.39 Å². The molecule has 0 atom stereocenters. The number of carbonyl (C=O) groups excluding carboxylic acids is 2. The van der Waals surface area contributed by atoms with Gasteiger partial charge in [0.25, 0.3) is 0 Å². The summed E-state index contributed by atoms with van der Waals surface area (Å²) in [4.78, 5) is 27.8. The summed E-state index contributed by atoms with van der Waals surface area (Å²) in [5, 5.41) is 9.38. The van der Waals surface area contributed by atoms with Crippen molar-refractivity contribution in [3.05, 3.63) is 78.0 Å². The Bertz CT molecular complexity index is 927. The third-order valence-electron chi connectivity index (χ3n) is 3.70. The highest BCUT2D eigenvalue weighted by molar-refractivity contribution is 5.94. The fourth-order valence-electron chi connectivity index (χ4n) is 2.45. The van der Waals surface area contributed by atoms with Crippen LogP contribution in [0.3, 0.4) is 0 Å². The molecule has 0 aliphatic carbocycles. The molecule has 0 fully saturated rings. The van der Waals surface area contributed by atoms with Crippen LogP contribution < -0.4 is 10.6 Å². The van der Waals surface area contributed by atoms with Crippen molar-refractivity contribution in [2.24, 2.45) is 0 Å². The fourth-order valence-corrected chi connectivity index (χ4v) is 2.45. The van der Waals surface area contributed by atoms with Gasteiger partial charge in [-0.3, -0.25) is 19.3 Å². The summed E-state index contributed by atoms with van der Waals surface area (Å²) in [6, 6.07) is 11.2. The Balaban J connectivity index is 1.44. The van der Waals surface area contributed by atoms with E-state index in [0.29, 0.717) is 17.9 Å². The van der Waals surface area contributed by atoms with E-state index in [9.17, 15) is 14.0 Å². The highest BCUT2D eigenvalue weighted by Gasteiger charge is 2.09. The Kier molecular flexibility index (Phi) is 5.88. The molecule has 0 bridgehead atoms. The van der Waals surface area contributed by atoms with Crippen LogP contribution in [0.1, 0.15) is 11.1 Å². The first-order chi connectivity index (χ1) is 13.1. The first-order valence-corrected chi connectivity index (χ1v) is 8.32. The maximum absolute atomic E-state index is 13.1. The summed E-state index contributed by atoms with van der Waals surface area (Å²) in [5.74, 6) is -0.760. The lowest BCUT2D eigenvalue weighted by Crippen LogP contribution is -2.33. The molecule has 2 aromatic heterocycles. The summed E-state index contributed by atoms with van der Waals surface area (Å²) in [6.45, 7) is 0.369. The normalized spacial score (nSPS) is 10.4. The molecule has 0 saturated heterocycles. The van der Waals surface area contributed by atoms with Gasteiger partial charge in [0.05, 0.1) is 19.5 Å². The zero-order valence-corrected chi connectivity index (χ0v) is 14.4. The number of anilines is 1. The number of carbonyl (C=O) groups is 2. The second kappa shape index (κ2) is 8.70. The van der Waals surface area contributed by atoms with Crippen LogP contribution >= 0.6 is 0 Å².